The first-order valence-electron chi connectivity index (χ1n) is 7.66. The number of aromatic nitrogens is 1. The molecule has 1 aliphatic rings. The zero-order valence-corrected chi connectivity index (χ0v) is 14.2. The van der Waals surface area contributed by atoms with Gasteiger partial charge in [0.2, 0.25) is 11.8 Å². The van der Waals surface area contributed by atoms with Crippen LogP contribution in [0.2, 0.25) is 0 Å². The highest BCUT2D eigenvalue weighted by atomic mass is 32.2. The summed E-state index contributed by atoms with van der Waals surface area (Å²) in [6.45, 7) is -0.478. The van der Waals surface area contributed by atoms with Crippen LogP contribution in [0, 0.1) is 0 Å². The predicted molar refractivity (Wildman–Crippen MR) is 98.1 cm³/mol. The monoisotopic (exact) mass is 373 g/mol. The highest BCUT2D eigenvalue weighted by Crippen LogP contribution is 2.22. The molecule has 0 saturated carbocycles. The van der Waals surface area contributed by atoms with Crippen LogP contribution in [-0.4, -0.2) is 51.1 Å². The van der Waals surface area contributed by atoms with Crippen molar-refractivity contribution in [1.82, 2.24) is 15.6 Å². The number of thioether (sulfide) groups is 1. The molecule has 0 bridgehead atoms. The van der Waals surface area contributed by atoms with E-state index in [-0.39, 0.29) is 12.3 Å². The number of hydrogen-bond donors (Lipinski definition) is 4. The number of nitrogens with zero attached hydrogens (tertiary/aromatic N) is 2. The van der Waals surface area contributed by atoms with Crippen LogP contribution in [0.5, 0.6) is 0 Å². The van der Waals surface area contributed by atoms with Crippen LogP contribution < -0.4 is 10.6 Å². The number of nitrogens with one attached hydrogen (secondary N) is 3. The molecule has 1 fully saturated rings. The molecule has 10 heteroatoms. The van der Waals surface area contributed by atoms with E-state index >= 15 is 0 Å². The maximum atomic E-state index is 11.9. The van der Waals surface area contributed by atoms with Crippen molar-refractivity contribution in [2.24, 2.45) is 10.2 Å². The highest BCUT2D eigenvalue weighted by molar-refractivity contribution is 8.15. The third-order valence-electron chi connectivity index (χ3n) is 3.55. The summed E-state index contributed by atoms with van der Waals surface area (Å²) in [5.74, 6) is -2.01. The summed E-state index contributed by atoms with van der Waals surface area (Å²) in [7, 11) is 0. The van der Waals surface area contributed by atoms with Gasteiger partial charge in [0.25, 0.3) is 0 Å². The fraction of sp³-hybridized carbons (Fsp3) is 0.188. The molecule has 0 aliphatic carbocycles. The Labute approximate surface area is 151 Å². The number of carbonyl (C=O) groups excluding carboxylic acids is 2. The predicted octanol–water partition coefficient (Wildman–Crippen LogP) is 0.680. The number of amides is 2. The molecule has 26 heavy (non-hydrogen) atoms. The number of hydrogen-bond acceptors (Lipinski definition) is 6. The first-order chi connectivity index (χ1) is 12.5. The fourth-order valence-corrected chi connectivity index (χ4v) is 3.27. The number of aliphatic carboxylic acids is 1. The summed E-state index contributed by atoms with van der Waals surface area (Å²) < 4.78 is 0. The Kier molecular flexibility index (Phi) is 5.32. The molecule has 2 heterocycles. The number of H-pyrrole nitrogens is 1. The number of para-hydroxylation sites is 1. The minimum Gasteiger partial charge on any atom is -0.480 e. The number of aromatic amines is 1. The maximum absolute atomic E-state index is 11.9. The minimum absolute atomic E-state index is 0.130. The number of carboxylic acid groups (broad SMARTS) is 1. The Morgan fingerprint density at radius 2 is 2.15 bits per heavy atom. The van der Waals surface area contributed by atoms with Gasteiger partial charge in [0.05, 0.1) is 6.21 Å². The van der Waals surface area contributed by atoms with Crippen molar-refractivity contribution in [3.63, 3.8) is 0 Å². The normalized spacial score (nSPS) is 18.5. The molecule has 1 atom stereocenters. The molecule has 1 unspecified atom stereocenters. The van der Waals surface area contributed by atoms with Gasteiger partial charge in [0.1, 0.15) is 11.8 Å². The lowest BCUT2D eigenvalue weighted by Gasteiger charge is -2.04. The molecule has 4 N–H and O–H groups in total. The third kappa shape index (κ3) is 4.28. The van der Waals surface area contributed by atoms with E-state index in [1.165, 1.54) is 0 Å². The van der Waals surface area contributed by atoms with E-state index in [1.54, 1.807) is 6.21 Å². The second-order valence-electron chi connectivity index (χ2n) is 5.41. The molecule has 1 saturated heterocycles. The van der Waals surface area contributed by atoms with Gasteiger partial charge in [-0.1, -0.05) is 30.0 Å². The molecular weight excluding hydrogens is 358 g/mol. The summed E-state index contributed by atoms with van der Waals surface area (Å²) in [4.78, 5) is 37.0. The van der Waals surface area contributed by atoms with Gasteiger partial charge in [-0.3, -0.25) is 14.4 Å². The van der Waals surface area contributed by atoms with Crippen LogP contribution in [0.4, 0.5) is 0 Å². The van der Waals surface area contributed by atoms with Gasteiger partial charge in [-0.05, 0) is 6.07 Å². The molecule has 9 nitrogen and oxygen atoms in total. The van der Waals surface area contributed by atoms with Crippen molar-refractivity contribution in [3.05, 3.63) is 36.0 Å². The lowest BCUT2D eigenvalue weighted by molar-refractivity contribution is -0.137. The average molecular weight is 373 g/mol. The lowest BCUT2D eigenvalue weighted by Crippen LogP contribution is -2.33. The van der Waals surface area contributed by atoms with Crippen LogP contribution in [0.15, 0.2) is 40.7 Å². The van der Waals surface area contributed by atoms with Crippen molar-refractivity contribution in [2.75, 3.05) is 6.54 Å². The van der Waals surface area contributed by atoms with Crippen molar-refractivity contribution in [3.8, 4) is 0 Å². The molecule has 3 rings (SSSR count). The molecular formula is C16H15N5O4S. The Balaban J connectivity index is 1.59. The Morgan fingerprint density at radius 1 is 1.35 bits per heavy atom. The largest absolute Gasteiger partial charge is 0.480 e. The maximum Gasteiger partial charge on any atom is 0.322 e. The molecule has 2 aromatic rings. The molecule has 1 aliphatic heterocycles. The van der Waals surface area contributed by atoms with E-state index in [0.29, 0.717) is 5.17 Å². The average Bonchev–Trinajstić information content (AvgIpc) is 3.17. The van der Waals surface area contributed by atoms with Crippen LogP contribution in [-0.2, 0) is 14.4 Å². The number of amidine groups is 1. The van der Waals surface area contributed by atoms with Crippen molar-refractivity contribution in [1.29, 1.82) is 0 Å². The molecule has 0 radical (unpaired) electrons. The molecule has 134 valence electrons. The Morgan fingerprint density at radius 3 is 2.96 bits per heavy atom. The second kappa shape index (κ2) is 7.83. The molecule has 2 amide bonds. The standard InChI is InChI=1S/C16H15N5O4S/c22-13(18-8-14(23)24)5-12-15(25)20-16(26-12)21-19-7-9-6-17-11-4-2-1-3-10(9)11/h1-4,6-7,12,17H,5,8H2,(H,18,22)(H,23,24)(H,20,21,25)/b19-7+. The van der Waals surface area contributed by atoms with Crippen LogP contribution in [0.1, 0.15) is 12.0 Å². The van der Waals surface area contributed by atoms with Crippen molar-refractivity contribution < 1.29 is 19.5 Å². The second-order valence-corrected chi connectivity index (χ2v) is 6.60. The van der Waals surface area contributed by atoms with E-state index in [0.717, 1.165) is 28.2 Å². The summed E-state index contributed by atoms with van der Waals surface area (Å²) >= 11 is 1.08. The Bertz CT molecular complexity index is 920. The summed E-state index contributed by atoms with van der Waals surface area (Å²) in [6, 6.07) is 7.76. The first kappa shape index (κ1) is 17.7. The quantitative estimate of drug-likeness (QED) is 0.436. The van der Waals surface area contributed by atoms with E-state index in [4.69, 9.17) is 5.11 Å². The van der Waals surface area contributed by atoms with Crippen molar-refractivity contribution >= 4 is 51.8 Å². The van der Waals surface area contributed by atoms with E-state index in [9.17, 15) is 14.4 Å². The van der Waals surface area contributed by atoms with E-state index < -0.39 is 23.7 Å². The minimum atomic E-state index is -1.14. The molecule has 1 aromatic heterocycles. The van der Waals surface area contributed by atoms with Gasteiger partial charge >= 0.3 is 5.97 Å². The zero-order chi connectivity index (χ0) is 18.5. The van der Waals surface area contributed by atoms with Crippen LogP contribution in [0.3, 0.4) is 0 Å². The van der Waals surface area contributed by atoms with Gasteiger partial charge < -0.3 is 20.7 Å². The number of benzene rings is 1. The number of fused-ring (bicyclic) bond motifs is 1. The molecule has 0 spiro atoms. The van der Waals surface area contributed by atoms with Crippen LogP contribution >= 0.6 is 11.8 Å². The fourth-order valence-electron chi connectivity index (χ4n) is 2.35. The van der Waals surface area contributed by atoms with E-state index in [1.807, 2.05) is 30.5 Å². The highest BCUT2D eigenvalue weighted by Gasteiger charge is 2.32. The number of carbonyl (C=O) groups is 3. The van der Waals surface area contributed by atoms with Gasteiger partial charge in [0.15, 0.2) is 5.17 Å². The van der Waals surface area contributed by atoms with Gasteiger partial charge in [-0.2, -0.15) is 5.10 Å². The number of rotatable bonds is 6. The van der Waals surface area contributed by atoms with Crippen LogP contribution in [0.25, 0.3) is 10.9 Å². The Hall–Kier alpha value is -3.14. The zero-order valence-electron chi connectivity index (χ0n) is 13.4. The number of carboxylic acids is 1. The smallest absolute Gasteiger partial charge is 0.322 e. The van der Waals surface area contributed by atoms with Gasteiger partial charge in [-0.25, -0.2) is 0 Å². The van der Waals surface area contributed by atoms with Gasteiger partial charge in [0, 0.05) is 29.1 Å². The van der Waals surface area contributed by atoms with Gasteiger partial charge in [-0.15, -0.1) is 5.10 Å². The first-order valence-corrected chi connectivity index (χ1v) is 8.54. The topological polar surface area (TPSA) is 136 Å². The van der Waals surface area contributed by atoms with Crippen molar-refractivity contribution in [2.45, 2.75) is 11.7 Å². The summed E-state index contributed by atoms with van der Waals surface area (Å²) in [6.07, 6.45) is 3.25. The lowest BCUT2D eigenvalue weighted by atomic mass is 10.2. The summed E-state index contributed by atoms with van der Waals surface area (Å²) in [5, 5.41) is 21.9. The third-order valence-corrected chi connectivity index (χ3v) is 4.62. The summed E-state index contributed by atoms with van der Waals surface area (Å²) in [5.41, 5.74) is 1.85. The molecule has 1 aromatic carbocycles. The van der Waals surface area contributed by atoms with E-state index in [2.05, 4.69) is 25.8 Å². The SMILES string of the molecule is O=C(O)CNC(=O)CC1SC(=N/N=C/c2c[nH]c3ccccc23)NC1=O.